The van der Waals surface area contributed by atoms with Gasteiger partial charge in [-0.3, -0.25) is 14.9 Å². The van der Waals surface area contributed by atoms with Gasteiger partial charge < -0.3 is 15.8 Å². The van der Waals surface area contributed by atoms with Gasteiger partial charge in [-0.25, -0.2) is 0 Å². The molecular formula is C13H19N3O4. The highest BCUT2D eigenvalue weighted by Crippen LogP contribution is 2.32. The van der Waals surface area contributed by atoms with Crippen LogP contribution in [0.25, 0.3) is 0 Å². The van der Waals surface area contributed by atoms with Crippen molar-refractivity contribution >= 4 is 11.6 Å². The van der Waals surface area contributed by atoms with Gasteiger partial charge in [0, 0.05) is 12.5 Å². The minimum absolute atomic E-state index is 0.0671. The number of nitro benzene ring substituents is 1. The lowest BCUT2D eigenvalue weighted by molar-refractivity contribution is -0.386. The number of carbonyl (C=O) groups excluding carboxylic acids is 1. The fraction of sp³-hybridized carbons (Fsp3) is 0.462. The normalized spacial score (nSPS) is 11.9. The molecule has 0 spiro atoms. The van der Waals surface area contributed by atoms with Crippen molar-refractivity contribution in [2.75, 3.05) is 13.7 Å². The van der Waals surface area contributed by atoms with Gasteiger partial charge in [0.25, 0.3) is 0 Å². The number of amides is 1. The molecule has 0 saturated heterocycles. The first-order chi connectivity index (χ1) is 9.36. The van der Waals surface area contributed by atoms with Crippen LogP contribution in [0.5, 0.6) is 5.75 Å². The molecule has 1 rings (SSSR count). The van der Waals surface area contributed by atoms with Crippen molar-refractivity contribution in [3.63, 3.8) is 0 Å². The van der Waals surface area contributed by atoms with E-state index >= 15 is 0 Å². The first-order valence-electron chi connectivity index (χ1n) is 6.21. The molecule has 20 heavy (non-hydrogen) atoms. The van der Waals surface area contributed by atoms with Gasteiger partial charge in [0.1, 0.15) is 0 Å². The molecule has 0 heterocycles. The molecule has 0 aliphatic carbocycles. The zero-order valence-corrected chi connectivity index (χ0v) is 11.8. The Kier molecular flexibility index (Phi) is 5.45. The summed E-state index contributed by atoms with van der Waals surface area (Å²) < 4.78 is 5.48. The van der Waals surface area contributed by atoms with Crippen molar-refractivity contribution in [3.8, 4) is 5.75 Å². The second-order valence-electron chi connectivity index (χ2n) is 4.57. The molecule has 0 aliphatic heterocycles. The van der Waals surface area contributed by atoms with Crippen LogP contribution in [0.1, 0.15) is 17.5 Å². The van der Waals surface area contributed by atoms with E-state index in [4.69, 9.17) is 10.5 Å². The van der Waals surface area contributed by atoms with Gasteiger partial charge in [0.15, 0.2) is 5.75 Å². The molecular weight excluding hydrogens is 262 g/mol. The highest BCUT2D eigenvalue weighted by Gasteiger charge is 2.19. The zero-order valence-electron chi connectivity index (χ0n) is 11.8. The third-order valence-electron chi connectivity index (χ3n) is 2.94. The second kappa shape index (κ2) is 6.85. The number of nitrogens with one attached hydrogen (secondary N) is 1. The maximum absolute atomic E-state index is 11.1. The molecule has 7 heteroatoms. The van der Waals surface area contributed by atoms with E-state index in [9.17, 15) is 14.9 Å². The lowest BCUT2D eigenvalue weighted by Gasteiger charge is -2.14. The zero-order chi connectivity index (χ0) is 15.3. The molecule has 7 nitrogen and oxygen atoms in total. The number of carbonyl (C=O) groups is 1. The Bertz CT molecular complexity index is 517. The smallest absolute Gasteiger partial charge is 0.311 e. The Labute approximate surface area is 117 Å². The van der Waals surface area contributed by atoms with E-state index in [0.717, 1.165) is 5.56 Å². The van der Waals surface area contributed by atoms with Crippen LogP contribution in [-0.2, 0) is 4.79 Å². The van der Waals surface area contributed by atoms with Gasteiger partial charge in [0.2, 0.25) is 5.91 Å². The lowest BCUT2D eigenvalue weighted by atomic mass is 10.1. The summed E-state index contributed by atoms with van der Waals surface area (Å²) in [5.41, 5.74) is 6.61. The number of hydrogen-bond acceptors (Lipinski definition) is 5. The highest BCUT2D eigenvalue weighted by molar-refractivity contribution is 5.79. The van der Waals surface area contributed by atoms with Crippen LogP contribution in [0.3, 0.4) is 0 Å². The summed E-state index contributed by atoms with van der Waals surface area (Å²) >= 11 is 0. The van der Waals surface area contributed by atoms with Gasteiger partial charge in [-0.2, -0.15) is 0 Å². The number of nitro groups is 1. The van der Waals surface area contributed by atoms with Crippen molar-refractivity contribution in [2.24, 2.45) is 5.73 Å². The minimum Gasteiger partial charge on any atom is -0.487 e. The third kappa shape index (κ3) is 3.92. The van der Waals surface area contributed by atoms with E-state index in [-0.39, 0.29) is 18.0 Å². The lowest BCUT2D eigenvalue weighted by Crippen LogP contribution is -2.40. The van der Waals surface area contributed by atoms with Crippen LogP contribution in [0.2, 0.25) is 0 Å². The Balaban J connectivity index is 2.82. The Hall–Kier alpha value is -2.15. The summed E-state index contributed by atoms with van der Waals surface area (Å²) in [5.74, 6) is -0.244. The molecule has 0 bridgehead atoms. The number of rotatable bonds is 7. The number of ether oxygens (including phenoxy) is 1. The van der Waals surface area contributed by atoms with Gasteiger partial charge in [-0.1, -0.05) is 6.07 Å². The van der Waals surface area contributed by atoms with E-state index in [1.807, 2.05) is 6.07 Å². The molecule has 1 aromatic rings. The van der Waals surface area contributed by atoms with Crippen LogP contribution < -0.4 is 15.8 Å². The highest BCUT2D eigenvalue weighted by atomic mass is 16.6. The first kappa shape index (κ1) is 15.9. The molecule has 1 atom stereocenters. The van der Waals surface area contributed by atoms with Crippen molar-refractivity contribution in [1.82, 2.24) is 5.32 Å². The maximum Gasteiger partial charge on any atom is 0.311 e. The molecule has 110 valence electrons. The number of likely N-dealkylation sites (N-methyl/N-ethyl adjacent to an activating group) is 1. The predicted octanol–water partition coefficient (Wildman–Crippen LogP) is 1.05. The van der Waals surface area contributed by atoms with Crippen molar-refractivity contribution < 1.29 is 14.5 Å². The van der Waals surface area contributed by atoms with Gasteiger partial charge in [0.05, 0.1) is 17.6 Å². The summed E-state index contributed by atoms with van der Waals surface area (Å²) in [6.45, 7) is 3.70. The predicted molar refractivity (Wildman–Crippen MR) is 74.7 cm³/mol. The van der Waals surface area contributed by atoms with Gasteiger partial charge in [-0.05, 0) is 32.0 Å². The average molecular weight is 281 g/mol. The summed E-state index contributed by atoms with van der Waals surface area (Å²) in [6.07, 6.45) is 0.344. The summed E-state index contributed by atoms with van der Waals surface area (Å²) in [6, 6.07) is 2.76. The molecule has 3 N–H and O–H groups in total. The van der Waals surface area contributed by atoms with Crippen LogP contribution >= 0.6 is 0 Å². The second-order valence-corrected chi connectivity index (χ2v) is 4.57. The molecule has 0 fully saturated rings. The number of primary amides is 1. The van der Waals surface area contributed by atoms with E-state index in [1.54, 1.807) is 20.9 Å². The standard InChI is InChI=1S/C13H19N3O4/c1-8-6-9(2)12(11(7-8)16(18)19)20-5-4-10(15-3)13(14)17/h6-7,10,15H,4-5H2,1-3H3,(H2,14,17). The summed E-state index contributed by atoms with van der Waals surface area (Å²) in [5, 5.41) is 13.8. The summed E-state index contributed by atoms with van der Waals surface area (Å²) in [4.78, 5) is 21.6. The molecule has 0 saturated carbocycles. The largest absolute Gasteiger partial charge is 0.487 e. The Morgan fingerprint density at radius 3 is 2.65 bits per heavy atom. The van der Waals surface area contributed by atoms with Crippen LogP contribution in [0, 0.1) is 24.0 Å². The molecule has 1 aromatic carbocycles. The van der Waals surface area contributed by atoms with Crippen LogP contribution in [-0.4, -0.2) is 30.5 Å². The number of nitrogens with two attached hydrogens (primary N) is 1. The number of benzene rings is 1. The molecule has 0 radical (unpaired) electrons. The van der Waals surface area contributed by atoms with E-state index in [0.29, 0.717) is 12.0 Å². The van der Waals surface area contributed by atoms with E-state index < -0.39 is 16.9 Å². The monoisotopic (exact) mass is 281 g/mol. The first-order valence-corrected chi connectivity index (χ1v) is 6.21. The summed E-state index contributed by atoms with van der Waals surface area (Å²) in [7, 11) is 1.62. The third-order valence-corrected chi connectivity index (χ3v) is 2.94. The molecule has 0 aliphatic rings. The fourth-order valence-electron chi connectivity index (χ4n) is 1.96. The van der Waals surface area contributed by atoms with E-state index in [2.05, 4.69) is 5.32 Å². The Morgan fingerprint density at radius 2 is 2.15 bits per heavy atom. The quantitative estimate of drug-likeness (QED) is 0.574. The molecule has 0 aromatic heterocycles. The van der Waals surface area contributed by atoms with Crippen molar-refractivity contribution in [2.45, 2.75) is 26.3 Å². The van der Waals surface area contributed by atoms with Crippen LogP contribution in [0.4, 0.5) is 5.69 Å². The maximum atomic E-state index is 11.1. The number of hydrogen-bond donors (Lipinski definition) is 2. The fourth-order valence-corrected chi connectivity index (χ4v) is 1.96. The minimum atomic E-state index is -0.514. The van der Waals surface area contributed by atoms with Crippen molar-refractivity contribution in [1.29, 1.82) is 0 Å². The average Bonchev–Trinajstić information content (AvgIpc) is 2.35. The van der Waals surface area contributed by atoms with Gasteiger partial charge >= 0.3 is 5.69 Å². The van der Waals surface area contributed by atoms with Gasteiger partial charge in [-0.15, -0.1) is 0 Å². The molecule has 1 unspecified atom stereocenters. The number of aryl methyl sites for hydroxylation is 2. The number of nitrogens with zero attached hydrogens (tertiary/aromatic N) is 1. The van der Waals surface area contributed by atoms with E-state index in [1.165, 1.54) is 6.07 Å². The molecule has 1 amide bonds. The van der Waals surface area contributed by atoms with Crippen LogP contribution in [0.15, 0.2) is 12.1 Å². The Morgan fingerprint density at radius 1 is 1.50 bits per heavy atom. The SMILES string of the molecule is CNC(CCOc1c(C)cc(C)cc1[N+](=O)[O-])C(N)=O. The van der Waals surface area contributed by atoms with Crippen molar-refractivity contribution in [3.05, 3.63) is 33.4 Å². The topological polar surface area (TPSA) is 107 Å².